The van der Waals surface area contributed by atoms with Crippen LogP contribution in [0.1, 0.15) is 84.0 Å². The van der Waals surface area contributed by atoms with E-state index >= 15 is 0 Å². The van der Waals surface area contributed by atoms with Crippen molar-refractivity contribution in [2.24, 2.45) is 0 Å². The predicted octanol–water partition coefficient (Wildman–Crippen LogP) is 4.14. The van der Waals surface area contributed by atoms with Gasteiger partial charge < -0.3 is 14.9 Å². The Morgan fingerprint density at radius 3 is 2.04 bits per heavy atom. The first-order valence-electron chi connectivity index (χ1n) is 9.16. The van der Waals surface area contributed by atoms with Crippen molar-refractivity contribution in [2.75, 3.05) is 6.61 Å². The van der Waals surface area contributed by atoms with E-state index in [2.05, 4.69) is 6.58 Å². The Bertz CT molecular complexity index is 291. The van der Waals surface area contributed by atoms with Crippen LogP contribution in [0.4, 0.5) is 0 Å². The van der Waals surface area contributed by atoms with Gasteiger partial charge in [0.05, 0.1) is 18.8 Å². The first-order valence-corrected chi connectivity index (χ1v) is 9.16. The Balaban J connectivity index is 3.33. The molecule has 23 heavy (non-hydrogen) atoms. The first kappa shape index (κ1) is 22.1. The normalized spacial score (nSPS) is 13.5. The molecule has 0 spiro atoms. The second-order valence-electron chi connectivity index (χ2n) is 6.37. The number of hydrogen-bond acceptors (Lipinski definition) is 4. The number of aliphatic hydroxyl groups excluding tert-OH is 2. The Labute approximate surface area is 141 Å². The Hall–Kier alpha value is -0.870. The van der Waals surface area contributed by atoms with Crippen molar-refractivity contribution < 1.29 is 19.7 Å². The van der Waals surface area contributed by atoms with Crippen molar-refractivity contribution in [2.45, 2.75) is 96.2 Å². The second-order valence-corrected chi connectivity index (χ2v) is 6.37. The largest absolute Gasteiger partial charge is 0.466 e. The third kappa shape index (κ3) is 17.3. The second kappa shape index (κ2) is 16.0. The maximum Gasteiger partial charge on any atom is 0.302 e. The van der Waals surface area contributed by atoms with Gasteiger partial charge in [-0.2, -0.15) is 0 Å². The first-order chi connectivity index (χ1) is 11.1. The molecule has 4 nitrogen and oxygen atoms in total. The summed E-state index contributed by atoms with van der Waals surface area (Å²) in [5, 5.41) is 19.6. The molecular formula is C19H36O4. The van der Waals surface area contributed by atoms with E-state index in [4.69, 9.17) is 4.74 Å². The molecule has 0 bridgehead atoms. The number of hydrogen-bond donors (Lipinski definition) is 2. The smallest absolute Gasteiger partial charge is 0.302 e. The fourth-order valence-corrected chi connectivity index (χ4v) is 2.62. The van der Waals surface area contributed by atoms with Crippen LogP contribution in [0.2, 0.25) is 0 Å². The molecule has 0 amide bonds. The average molecular weight is 328 g/mol. The number of ether oxygens (including phenoxy) is 1. The van der Waals surface area contributed by atoms with E-state index in [1.54, 1.807) is 0 Å². The van der Waals surface area contributed by atoms with E-state index in [-0.39, 0.29) is 12.6 Å². The number of rotatable bonds is 16. The maximum atomic E-state index is 10.6. The minimum atomic E-state index is -0.597. The highest BCUT2D eigenvalue weighted by Crippen LogP contribution is 2.14. The minimum absolute atomic E-state index is 0.218. The number of esters is 1. The molecule has 0 aromatic carbocycles. The molecule has 2 unspecified atom stereocenters. The van der Waals surface area contributed by atoms with Gasteiger partial charge in [-0.05, 0) is 25.7 Å². The lowest BCUT2D eigenvalue weighted by Crippen LogP contribution is -2.19. The summed E-state index contributed by atoms with van der Waals surface area (Å²) in [4.78, 5) is 10.6. The average Bonchev–Trinajstić information content (AvgIpc) is 2.48. The quantitative estimate of drug-likeness (QED) is 0.254. The zero-order valence-electron chi connectivity index (χ0n) is 14.8. The summed E-state index contributed by atoms with van der Waals surface area (Å²) >= 11 is 0. The van der Waals surface area contributed by atoms with Gasteiger partial charge in [-0.3, -0.25) is 4.79 Å². The zero-order chi connectivity index (χ0) is 17.3. The molecule has 0 radical (unpaired) electrons. The molecule has 0 aliphatic carbocycles. The fraction of sp³-hybridized carbons (Fsp3) is 0.842. The molecule has 4 heteroatoms. The highest BCUT2D eigenvalue weighted by atomic mass is 16.5. The lowest BCUT2D eigenvalue weighted by Gasteiger charge is -2.15. The number of aliphatic hydroxyl groups is 2. The van der Waals surface area contributed by atoms with Crippen LogP contribution in [0.15, 0.2) is 12.7 Å². The predicted molar refractivity (Wildman–Crippen MR) is 94.2 cm³/mol. The highest BCUT2D eigenvalue weighted by Gasteiger charge is 2.12. The van der Waals surface area contributed by atoms with Crippen LogP contribution in [0.25, 0.3) is 0 Å². The van der Waals surface area contributed by atoms with Crippen molar-refractivity contribution in [3.8, 4) is 0 Å². The number of carbonyl (C=O) groups excluding carboxylic acids is 1. The number of carbonyl (C=O) groups is 1. The van der Waals surface area contributed by atoms with E-state index in [1.165, 1.54) is 45.4 Å². The van der Waals surface area contributed by atoms with Gasteiger partial charge in [-0.1, -0.05) is 51.0 Å². The molecule has 0 saturated heterocycles. The van der Waals surface area contributed by atoms with E-state index in [0.29, 0.717) is 12.8 Å². The van der Waals surface area contributed by atoms with Crippen LogP contribution in [-0.2, 0) is 9.53 Å². The summed E-state index contributed by atoms with van der Waals surface area (Å²) in [6.07, 6.45) is 13.4. The lowest BCUT2D eigenvalue weighted by molar-refractivity contribution is -0.141. The summed E-state index contributed by atoms with van der Waals surface area (Å²) in [6.45, 7) is 5.29. The Morgan fingerprint density at radius 1 is 0.957 bits per heavy atom. The van der Waals surface area contributed by atoms with E-state index in [1.807, 2.05) is 6.08 Å². The zero-order valence-corrected chi connectivity index (χ0v) is 14.8. The van der Waals surface area contributed by atoms with E-state index in [0.717, 1.165) is 25.7 Å². The minimum Gasteiger partial charge on any atom is -0.466 e. The molecular weight excluding hydrogens is 292 g/mol. The van der Waals surface area contributed by atoms with Crippen LogP contribution >= 0.6 is 0 Å². The van der Waals surface area contributed by atoms with Crippen molar-refractivity contribution in [1.82, 2.24) is 0 Å². The molecule has 0 aliphatic heterocycles. The van der Waals surface area contributed by atoms with Gasteiger partial charge in [-0.15, -0.1) is 6.58 Å². The van der Waals surface area contributed by atoms with Crippen molar-refractivity contribution in [3.05, 3.63) is 12.7 Å². The van der Waals surface area contributed by atoms with Crippen LogP contribution < -0.4 is 0 Å². The summed E-state index contributed by atoms with van der Waals surface area (Å²) in [5.74, 6) is -0.335. The van der Waals surface area contributed by atoms with Crippen LogP contribution in [0.3, 0.4) is 0 Å². The highest BCUT2D eigenvalue weighted by molar-refractivity contribution is 5.65. The molecule has 0 heterocycles. The topological polar surface area (TPSA) is 66.8 Å². The Morgan fingerprint density at radius 2 is 1.48 bits per heavy atom. The molecule has 0 saturated carbocycles. The van der Waals surface area contributed by atoms with Gasteiger partial charge in [0.25, 0.3) is 0 Å². The van der Waals surface area contributed by atoms with Crippen LogP contribution in [0, 0.1) is 0 Å². The molecule has 0 aliphatic rings. The van der Waals surface area contributed by atoms with E-state index < -0.39 is 12.2 Å². The molecule has 0 rings (SSSR count). The van der Waals surface area contributed by atoms with E-state index in [9.17, 15) is 15.0 Å². The van der Waals surface area contributed by atoms with Crippen LogP contribution in [0.5, 0.6) is 0 Å². The third-order valence-electron chi connectivity index (χ3n) is 4.00. The van der Waals surface area contributed by atoms with Crippen molar-refractivity contribution in [1.29, 1.82) is 0 Å². The molecule has 0 aromatic heterocycles. The standard InChI is InChI=1S/C19H36O4/c1-3-4-5-6-7-8-9-10-11-12-13-18(21)16-19(22)14-15-23-17(2)20/h3,18-19,21-22H,1,4-16H2,2H3. The number of allylic oxidation sites excluding steroid dienone is 1. The van der Waals surface area contributed by atoms with Crippen LogP contribution in [-0.4, -0.2) is 35.0 Å². The van der Waals surface area contributed by atoms with Crippen molar-refractivity contribution >= 4 is 5.97 Å². The third-order valence-corrected chi connectivity index (χ3v) is 4.00. The van der Waals surface area contributed by atoms with Crippen molar-refractivity contribution in [3.63, 3.8) is 0 Å². The van der Waals surface area contributed by atoms with Gasteiger partial charge in [0.1, 0.15) is 0 Å². The lowest BCUT2D eigenvalue weighted by atomic mass is 10.0. The van der Waals surface area contributed by atoms with Gasteiger partial charge >= 0.3 is 5.97 Å². The molecule has 2 atom stereocenters. The monoisotopic (exact) mass is 328 g/mol. The van der Waals surface area contributed by atoms with Gasteiger partial charge in [0.15, 0.2) is 0 Å². The Kier molecular flexibility index (Phi) is 15.4. The van der Waals surface area contributed by atoms with Gasteiger partial charge in [-0.25, -0.2) is 0 Å². The number of unbranched alkanes of at least 4 members (excludes halogenated alkanes) is 8. The molecule has 0 fully saturated rings. The fourth-order valence-electron chi connectivity index (χ4n) is 2.62. The summed E-state index contributed by atoms with van der Waals surface area (Å²) < 4.78 is 4.78. The summed E-state index contributed by atoms with van der Waals surface area (Å²) in [5.41, 5.74) is 0. The van der Waals surface area contributed by atoms with Gasteiger partial charge in [0.2, 0.25) is 0 Å². The molecule has 2 N–H and O–H groups in total. The SMILES string of the molecule is C=CCCCCCCCCCCC(O)CC(O)CCOC(C)=O. The molecule has 136 valence electrons. The van der Waals surface area contributed by atoms with Gasteiger partial charge in [0, 0.05) is 13.3 Å². The molecule has 0 aromatic rings. The maximum absolute atomic E-state index is 10.6. The summed E-state index contributed by atoms with van der Waals surface area (Å²) in [7, 11) is 0. The summed E-state index contributed by atoms with van der Waals surface area (Å²) in [6, 6.07) is 0.